The van der Waals surface area contributed by atoms with E-state index in [1.54, 1.807) is 11.1 Å². The van der Waals surface area contributed by atoms with Gasteiger partial charge in [-0.1, -0.05) is 42.0 Å². The lowest BCUT2D eigenvalue weighted by Crippen LogP contribution is -2.55. The van der Waals surface area contributed by atoms with Gasteiger partial charge in [-0.25, -0.2) is 4.98 Å². The van der Waals surface area contributed by atoms with Crippen molar-refractivity contribution in [2.45, 2.75) is 31.7 Å². The van der Waals surface area contributed by atoms with Crippen LogP contribution in [0.15, 0.2) is 54.7 Å². The van der Waals surface area contributed by atoms with E-state index in [2.05, 4.69) is 11.1 Å². The monoisotopic (exact) mass is 398 g/mol. The van der Waals surface area contributed by atoms with Crippen LogP contribution < -0.4 is 9.80 Å². The van der Waals surface area contributed by atoms with Gasteiger partial charge < -0.3 is 4.90 Å². The van der Waals surface area contributed by atoms with Gasteiger partial charge in [-0.05, 0) is 50.5 Å². The van der Waals surface area contributed by atoms with Crippen LogP contribution in [0.3, 0.4) is 0 Å². The van der Waals surface area contributed by atoms with Crippen LogP contribution >= 0.6 is 12.2 Å². The summed E-state index contributed by atoms with van der Waals surface area (Å²) in [7, 11) is 0. The van der Waals surface area contributed by atoms with Crippen LogP contribution in [0.25, 0.3) is 10.8 Å². The van der Waals surface area contributed by atoms with E-state index in [4.69, 9.17) is 12.2 Å². The molecule has 6 heteroatoms. The van der Waals surface area contributed by atoms with Gasteiger partial charge in [0.25, 0.3) is 5.91 Å². The second kappa shape index (κ2) is 6.36. The summed E-state index contributed by atoms with van der Waals surface area (Å²) >= 11 is 5.85. The molecule has 5 nitrogen and oxygen atoms in total. The Hall–Kier alpha value is -3.30. The Bertz CT molecular complexity index is 1210. The maximum atomic E-state index is 13.7. The first-order valence-electron chi connectivity index (χ1n) is 9.60. The summed E-state index contributed by atoms with van der Waals surface area (Å²) < 4.78 is 0. The summed E-state index contributed by atoms with van der Waals surface area (Å²) in [4.78, 5) is 21.6. The molecule has 1 aliphatic heterocycles. The van der Waals surface area contributed by atoms with Crippen molar-refractivity contribution < 1.29 is 4.79 Å². The van der Waals surface area contributed by atoms with Crippen molar-refractivity contribution >= 4 is 45.4 Å². The molecule has 1 amide bonds. The maximum absolute atomic E-state index is 13.7. The highest BCUT2D eigenvalue weighted by Crippen LogP contribution is 2.48. The van der Waals surface area contributed by atoms with Crippen molar-refractivity contribution in [3.63, 3.8) is 0 Å². The Balaban J connectivity index is 1.69. The molecule has 2 aromatic carbocycles. The molecule has 5 rings (SSSR count). The largest absolute Gasteiger partial charge is 0.303 e. The quantitative estimate of drug-likeness (QED) is 0.596. The molecule has 2 aliphatic rings. The Morgan fingerprint density at radius 3 is 2.41 bits per heavy atom. The van der Waals surface area contributed by atoms with Crippen molar-refractivity contribution in [3.05, 3.63) is 66.0 Å². The standard InChI is InChI=1S/C23H18N4OS/c1-15-7-9-16(10-8-15)27-22(29)26(21(28)23(27)11-4-12-23)20-14-25-19(13-24)17-5-2-3-6-18(17)20/h2-3,5-10,14H,4,11-12H2,1H3. The van der Waals surface area contributed by atoms with Crippen molar-refractivity contribution in [3.8, 4) is 6.07 Å². The lowest BCUT2D eigenvalue weighted by atomic mass is 9.75. The predicted octanol–water partition coefficient (Wildman–Crippen LogP) is 4.48. The minimum absolute atomic E-state index is 0.00835. The molecule has 1 spiro atoms. The topological polar surface area (TPSA) is 60.2 Å². The van der Waals surface area contributed by atoms with Crippen molar-refractivity contribution in [2.75, 3.05) is 9.80 Å². The molecule has 0 atom stereocenters. The fraction of sp³-hybridized carbons (Fsp3) is 0.217. The first-order valence-corrected chi connectivity index (χ1v) is 10.0. The normalized spacial score (nSPS) is 17.7. The van der Waals surface area contributed by atoms with Gasteiger partial charge >= 0.3 is 0 Å². The molecule has 0 unspecified atom stereocenters. The fourth-order valence-corrected chi connectivity index (χ4v) is 4.79. The fourth-order valence-electron chi connectivity index (χ4n) is 4.33. The molecule has 1 aromatic heterocycles. The summed E-state index contributed by atoms with van der Waals surface area (Å²) in [5, 5.41) is 11.4. The van der Waals surface area contributed by atoms with E-state index >= 15 is 0 Å². The van der Waals surface area contributed by atoms with Crippen molar-refractivity contribution in [2.24, 2.45) is 0 Å². The Labute approximate surface area is 174 Å². The zero-order chi connectivity index (χ0) is 20.2. The molecule has 0 radical (unpaired) electrons. The number of aryl methyl sites for hydroxylation is 1. The maximum Gasteiger partial charge on any atom is 0.259 e. The van der Waals surface area contributed by atoms with Crippen LogP contribution in [0.2, 0.25) is 0 Å². The van der Waals surface area contributed by atoms with Gasteiger partial charge in [0.05, 0.1) is 11.9 Å². The number of carbonyl (C=O) groups excluding carboxylic acids is 1. The molecule has 0 N–H and O–H groups in total. The number of aromatic nitrogens is 1. The van der Waals surface area contributed by atoms with Gasteiger partial charge in [-0.3, -0.25) is 9.69 Å². The zero-order valence-electron chi connectivity index (χ0n) is 15.9. The van der Waals surface area contributed by atoms with Gasteiger partial charge in [0.2, 0.25) is 0 Å². The lowest BCUT2D eigenvalue weighted by Gasteiger charge is -2.43. The number of nitriles is 1. The van der Waals surface area contributed by atoms with Crippen LogP contribution in [-0.4, -0.2) is 21.5 Å². The Morgan fingerprint density at radius 2 is 1.79 bits per heavy atom. The lowest BCUT2D eigenvalue weighted by molar-refractivity contribution is -0.123. The minimum Gasteiger partial charge on any atom is -0.303 e. The molecule has 29 heavy (non-hydrogen) atoms. The van der Waals surface area contributed by atoms with Crippen LogP contribution in [0.1, 0.15) is 30.5 Å². The average molecular weight is 398 g/mol. The molecule has 1 saturated heterocycles. The van der Waals surface area contributed by atoms with Crippen LogP contribution in [0.4, 0.5) is 11.4 Å². The Kier molecular flexibility index (Phi) is 3.90. The van der Waals surface area contributed by atoms with Crippen molar-refractivity contribution in [1.29, 1.82) is 5.26 Å². The number of carbonyl (C=O) groups is 1. The van der Waals surface area contributed by atoms with E-state index < -0.39 is 5.54 Å². The van der Waals surface area contributed by atoms with E-state index in [1.807, 2.05) is 60.4 Å². The number of hydrogen-bond acceptors (Lipinski definition) is 4. The second-order valence-electron chi connectivity index (χ2n) is 7.63. The average Bonchev–Trinajstić information content (AvgIpc) is 2.95. The van der Waals surface area contributed by atoms with Gasteiger partial charge in [0, 0.05) is 16.5 Å². The van der Waals surface area contributed by atoms with Crippen molar-refractivity contribution in [1.82, 2.24) is 4.98 Å². The number of benzene rings is 2. The molecule has 142 valence electrons. The highest BCUT2D eigenvalue weighted by atomic mass is 32.1. The van der Waals surface area contributed by atoms with Gasteiger partial charge in [0.1, 0.15) is 17.3 Å². The molecule has 0 bridgehead atoms. The number of fused-ring (bicyclic) bond motifs is 1. The number of rotatable bonds is 2. The third-order valence-corrected chi connectivity index (χ3v) is 6.37. The van der Waals surface area contributed by atoms with Gasteiger partial charge in [-0.15, -0.1) is 0 Å². The molecule has 3 aromatic rings. The second-order valence-corrected chi connectivity index (χ2v) is 7.99. The predicted molar refractivity (Wildman–Crippen MR) is 117 cm³/mol. The summed E-state index contributed by atoms with van der Waals surface area (Å²) in [6.07, 6.45) is 4.14. The smallest absolute Gasteiger partial charge is 0.259 e. The molecule has 1 saturated carbocycles. The first kappa shape index (κ1) is 17.8. The number of amides is 1. The third kappa shape index (κ3) is 2.41. The van der Waals surface area contributed by atoms with Crippen LogP contribution in [0, 0.1) is 18.3 Å². The Morgan fingerprint density at radius 1 is 1.10 bits per heavy atom. The van der Waals surface area contributed by atoms with E-state index in [0.29, 0.717) is 16.5 Å². The summed E-state index contributed by atoms with van der Waals surface area (Å²) in [5.41, 5.74) is 2.45. The molecular weight excluding hydrogens is 380 g/mol. The van der Waals surface area contributed by atoms with Crippen LogP contribution in [-0.2, 0) is 4.79 Å². The van der Waals surface area contributed by atoms with Gasteiger partial charge in [-0.2, -0.15) is 5.26 Å². The number of hydrogen-bond donors (Lipinski definition) is 0. The molecule has 1 aliphatic carbocycles. The zero-order valence-corrected chi connectivity index (χ0v) is 16.7. The SMILES string of the molecule is Cc1ccc(N2C(=S)N(c3cnc(C#N)c4ccccc34)C(=O)C23CCC3)cc1. The van der Waals surface area contributed by atoms with E-state index in [9.17, 15) is 10.1 Å². The molecule has 2 heterocycles. The summed E-state index contributed by atoms with van der Waals surface area (Å²) in [6, 6.07) is 17.8. The van der Waals surface area contributed by atoms with Gasteiger partial charge in [0.15, 0.2) is 5.11 Å². The number of nitrogens with zero attached hydrogens (tertiary/aromatic N) is 4. The van der Waals surface area contributed by atoms with E-state index in [0.717, 1.165) is 41.3 Å². The first-order chi connectivity index (χ1) is 14.1. The minimum atomic E-state index is -0.624. The summed E-state index contributed by atoms with van der Waals surface area (Å²) in [6.45, 7) is 2.04. The highest BCUT2D eigenvalue weighted by molar-refractivity contribution is 7.81. The number of thiocarbonyl (C=S) groups is 1. The van der Waals surface area contributed by atoms with Crippen LogP contribution in [0.5, 0.6) is 0 Å². The molecule has 2 fully saturated rings. The molecular formula is C23H18N4OS. The van der Waals surface area contributed by atoms with E-state index in [-0.39, 0.29) is 5.91 Å². The summed E-state index contributed by atoms with van der Waals surface area (Å²) in [5.74, 6) is -0.00835. The third-order valence-electron chi connectivity index (χ3n) is 6.01. The highest BCUT2D eigenvalue weighted by Gasteiger charge is 2.59. The number of pyridine rings is 1. The number of anilines is 2. The van der Waals surface area contributed by atoms with E-state index in [1.165, 1.54) is 0 Å².